The van der Waals surface area contributed by atoms with Gasteiger partial charge in [-0.2, -0.15) is 0 Å². The molecule has 0 saturated heterocycles. The summed E-state index contributed by atoms with van der Waals surface area (Å²) in [6.07, 6.45) is 7.28. The first-order valence-electron chi connectivity index (χ1n) is 7.31. The number of nitrogens with one attached hydrogen (secondary N) is 1. The van der Waals surface area contributed by atoms with Gasteiger partial charge in [0.1, 0.15) is 0 Å². The van der Waals surface area contributed by atoms with Crippen molar-refractivity contribution in [1.82, 2.24) is 5.32 Å². The molecule has 2 nitrogen and oxygen atoms in total. The Morgan fingerprint density at radius 2 is 1.78 bits per heavy atom. The summed E-state index contributed by atoms with van der Waals surface area (Å²) in [5.41, 5.74) is 1.44. The lowest BCUT2D eigenvalue weighted by Crippen LogP contribution is -2.24. The lowest BCUT2D eigenvalue weighted by molar-refractivity contribution is 0.282. The molecule has 1 aromatic carbocycles. The van der Waals surface area contributed by atoms with Crippen molar-refractivity contribution in [3.63, 3.8) is 0 Å². The molecule has 2 heteroatoms. The fraction of sp³-hybridized carbons (Fsp3) is 0.625. The van der Waals surface area contributed by atoms with Crippen molar-refractivity contribution in [2.45, 2.75) is 44.6 Å². The van der Waals surface area contributed by atoms with Gasteiger partial charge in [0.2, 0.25) is 0 Å². The largest absolute Gasteiger partial charge is 0.396 e. The molecule has 1 aromatic rings. The molecule has 0 aliphatic heterocycles. The summed E-state index contributed by atoms with van der Waals surface area (Å²) in [4.78, 5) is 0. The van der Waals surface area contributed by atoms with Crippen LogP contribution in [-0.2, 0) is 0 Å². The summed E-state index contributed by atoms with van der Waals surface area (Å²) in [7, 11) is 0. The van der Waals surface area contributed by atoms with Gasteiger partial charge < -0.3 is 10.4 Å². The zero-order valence-electron chi connectivity index (χ0n) is 11.1. The van der Waals surface area contributed by atoms with Crippen LogP contribution in [0, 0.1) is 5.92 Å². The van der Waals surface area contributed by atoms with Crippen LogP contribution in [-0.4, -0.2) is 18.3 Å². The van der Waals surface area contributed by atoms with Crippen molar-refractivity contribution >= 4 is 0 Å². The topological polar surface area (TPSA) is 32.3 Å². The van der Waals surface area contributed by atoms with E-state index in [0.717, 1.165) is 25.3 Å². The molecule has 0 aromatic heterocycles. The van der Waals surface area contributed by atoms with Gasteiger partial charge in [-0.1, -0.05) is 43.2 Å². The van der Waals surface area contributed by atoms with E-state index in [-0.39, 0.29) is 0 Å². The predicted molar refractivity (Wildman–Crippen MR) is 75.5 cm³/mol. The van der Waals surface area contributed by atoms with E-state index in [4.69, 9.17) is 5.11 Å². The Hall–Kier alpha value is -0.860. The lowest BCUT2D eigenvalue weighted by Gasteiger charge is -2.18. The third-order valence-electron chi connectivity index (χ3n) is 3.70. The van der Waals surface area contributed by atoms with Crippen LogP contribution in [0.1, 0.15) is 50.1 Å². The molecule has 2 rings (SSSR count). The van der Waals surface area contributed by atoms with Crippen molar-refractivity contribution < 1.29 is 5.11 Å². The van der Waals surface area contributed by atoms with Crippen LogP contribution in [0.3, 0.4) is 0 Å². The number of aliphatic hydroxyl groups is 1. The van der Waals surface area contributed by atoms with Gasteiger partial charge >= 0.3 is 0 Å². The highest BCUT2D eigenvalue weighted by molar-refractivity contribution is 5.21. The van der Waals surface area contributed by atoms with Crippen LogP contribution < -0.4 is 5.32 Å². The monoisotopic (exact) mass is 247 g/mol. The molecule has 1 saturated carbocycles. The second-order valence-electron chi connectivity index (χ2n) is 5.32. The first-order valence-corrected chi connectivity index (χ1v) is 7.31. The number of hydrogen-bond donors (Lipinski definition) is 2. The smallest absolute Gasteiger partial charge is 0.0431 e. The van der Waals surface area contributed by atoms with Gasteiger partial charge in [-0.05, 0) is 43.7 Å². The van der Waals surface area contributed by atoms with Crippen LogP contribution >= 0.6 is 0 Å². The van der Waals surface area contributed by atoms with Gasteiger partial charge in [-0.3, -0.25) is 0 Å². The molecule has 1 atom stereocenters. The Bertz CT molecular complexity index is 321. The van der Waals surface area contributed by atoms with Gasteiger partial charge in [0, 0.05) is 12.6 Å². The van der Waals surface area contributed by atoms with E-state index in [2.05, 4.69) is 35.6 Å². The van der Waals surface area contributed by atoms with Crippen molar-refractivity contribution in [3.8, 4) is 0 Å². The summed E-state index contributed by atoms with van der Waals surface area (Å²) in [6.45, 7) is 1.43. The standard InChI is InChI=1S/C16H25NO/c18-13-7-2-1-6-12-17-16(15-10-11-15)14-8-4-3-5-9-14/h3-5,8-9,15-18H,1-2,6-7,10-13H2. The summed E-state index contributed by atoms with van der Waals surface area (Å²) < 4.78 is 0. The van der Waals surface area contributed by atoms with E-state index in [1.165, 1.54) is 31.2 Å². The molecule has 0 heterocycles. The van der Waals surface area contributed by atoms with Crippen LogP contribution in [0.15, 0.2) is 30.3 Å². The number of unbranched alkanes of at least 4 members (excludes halogenated alkanes) is 3. The second-order valence-corrected chi connectivity index (χ2v) is 5.32. The minimum atomic E-state index is 0.335. The molecule has 1 unspecified atom stereocenters. The van der Waals surface area contributed by atoms with E-state index in [0.29, 0.717) is 12.6 Å². The molecule has 1 aliphatic carbocycles. The van der Waals surface area contributed by atoms with Crippen LogP contribution in [0.5, 0.6) is 0 Å². The predicted octanol–water partition coefficient (Wildman–Crippen LogP) is 3.28. The molecule has 0 spiro atoms. The average molecular weight is 247 g/mol. The Kier molecular flexibility index (Phi) is 5.69. The highest BCUT2D eigenvalue weighted by Crippen LogP contribution is 2.40. The average Bonchev–Trinajstić information content (AvgIpc) is 3.23. The summed E-state index contributed by atoms with van der Waals surface area (Å²) in [5, 5.41) is 12.4. The molecule has 2 N–H and O–H groups in total. The minimum Gasteiger partial charge on any atom is -0.396 e. The SMILES string of the molecule is OCCCCCCNC(c1ccccc1)C1CC1. The van der Waals surface area contributed by atoms with Crippen molar-refractivity contribution in [2.24, 2.45) is 5.92 Å². The van der Waals surface area contributed by atoms with E-state index in [1.54, 1.807) is 0 Å². The Morgan fingerprint density at radius 1 is 1.06 bits per heavy atom. The lowest BCUT2D eigenvalue weighted by atomic mass is 10.0. The maximum absolute atomic E-state index is 8.73. The first kappa shape index (κ1) is 13.6. The number of aliphatic hydroxyl groups excluding tert-OH is 1. The molecule has 18 heavy (non-hydrogen) atoms. The highest BCUT2D eigenvalue weighted by Gasteiger charge is 2.31. The quantitative estimate of drug-likeness (QED) is 0.656. The van der Waals surface area contributed by atoms with Crippen LogP contribution in [0.4, 0.5) is 0 Å². The molecular weight excluding hydrogens is 222 g/mol. The van der Waals surface area contributed by atoms with Crippen molar-refractivity contribution in [1.29, 1.82) is 0 Å². The summed E-state index contributed by atoms with van der Waals surface area (Å²) in [6, 6.07) is 11.4. The fourth-order valence-corrected chi connectivity index (χ4v) is 2.49. The van der Waals surface area contributed by atoms with E-state index in [9.17, 15) is 0 Å². The molecule has 1 fully saturated rings. The van der Waals surface area contributed by atoms with Crippen LogP contribution in [0.2, 0.25) is 0 Å². The third-order valence-corrected chi connectivity index (χ3v) is 3.70. The Morgan fingerprint density at radius 3 is 2.44 bits per heavy atom. The maximum Gasteiger partial charge on any atom is 0.0431 e. The Balaban J connectivity index is 1.71. The molecule has 1 aliphatic rings. The molecular formula is C16H25NO. The van der Waals surface area contributed by atoms with Gasteiger partial charge in [0.25, 0.3) is 0 Å². The van der Waals surface area contributed by atoms with Gasteiger partial charge in [-0.25, -0.2) is 0 Å². The van der Waals surface area contributed by atoms with Gasteiger partial charge in [-0.15, -0.1) is 0 Å². The zero-order chi connectivity index (χ0) is 12.6. The second kappa shape index (κ2) is 7.55. The summed E-state index contributed by atoms with van der Waals surface area (Å²) >= 11 is 0. The van der Waals surface area contributed by atoms with Crippen molar-refractivity contribution in [2.75, 3.05) is 13.2 Å². The maximum atomic E-state index is 8.73. The molecule has 0 bridgehead atoms. The van der Waals surface area contributed by atoms with E-state index >= 15 is 0 Å². The molecule has 0 amide bonds. The highest BCUT2D eigenvalue weighted by atomic mass is 16.2. The number of rotatable bonds is 9. The number of hydrogen-bond acceptors (Lipinski definition) is 2. The summed E-state index contributed by atoms with van der Waals surface area (Å²) in [5.74, 6) is 0.852. The fourth-order valence-electron chi connectivity index (χ4n) is 2.49. The van der Waals surface area contributed by atoms with Gasteiger partial charge in [0.05, 0.1) is 0 Å². The first-order chi connectivity index (χ1) is 8.92. The third kappa shape index (κ3) is 4.43. The van der Waals surface area contributed by atoms with Gasteiger partial charge in [0.15, 0.2) is 0 Å². The minimum absolute atomic E-state index is 0.335. The number of benzene rings is 1. The molecule has 0 radical (unpaired) electrons. The van der Waals surface area contributed by atoms with E-state index < -0.39 is 0 Å². The van der Waals surface area contributed by atoms with Crippen LogP contribution in [0.25, 0.3) is 0 Å². The zero-order valence-corrected chi connectivity index (χ0v) is 11.1. The molecule has 100 valence electrons. The normalized spacial score (nSPS) is 16.7. The van der Waals surface area contributed by atoms with Crippen molar-refractivity contribution in [3.05, 3.63) is 35.9 Å². The Labute approximate surface area is 110 Å². The van der Waals surface area contributed by atoms with E-state index in [1.807, 2.05) is 0 Å².